The number of carbonyl (C=O) groups is 1. The van der Waals surface area contributed by atoms with Crippen LogP contribution in [0.5, 0.6) is 5.75 Å². The van der Waals surface area contributed by atoms with Crippen LogP contribution < -0.4 is 4.74 Å². The molecule has 0 heterocycles. The summed E-state index contributed by atoms with van der Waals surface area (Å²) in [5, 5.41) is 9.94. The van der Waals surface area contributed by atoms with E-state index in [9.17, 15) is 23.1 Å². The molecule has 0 saturated heterocycles. The third-order valence-electron chi connectivity index (χ3n) is 4.11. The summed E-state index contributed by atoms with van der Waals surface area (Å²) in [5.41, 5.74) is -0.821. The standard InChI is InChI=1S/C16H20F3NO3/c1-20(13-7-2-3-8-14(13)21)15(22)10-23-12-6-4-5-11(9-12)16(17,18)19/h4-6,9,13-14,21H,2-3,7-8,10H2,1H3/t13-,14-/m1/s1. The first-order valence-electron chi connectivity index (χ1n) is 7.53. The van der Waals surface area contributed by atoms with Gasteiger partial charge in [0.2, 0.25) is 0 Å². The molecule has 0 aliphatic heterocycles. The monoisotopic (exact) mass is 331 g/mol. The Hall–Kier alpha value is -1.76. The van der Waals surface area contributed by atoms with Crippen LogP contribution in [-0.4, -0.2) is 41.7 Å². The Bertz CT molecular complexity index is 548. The van der Waals surface area contributed by atoms with Crippen LogP contribution in [0.25, 0.3) is 0 Å². The number of carbonyl (C=O) groups excluding carboxylic acids is 1. The molecule has 4 nitrogen and oxygen atoms in total. The molecule has 1 N–H and O–H groups in total. The quantitative estimate of drug-likeness (QED) is 0.923. The van der Waals surface area contributed by atoms with Crippen LogP contribution in [0.15, 0.2) is 24.3 Å². The summed E-state index contributed by atoms with van der Waals surface area (Å²) >= 11 is 0. The Morgan fingerprint density at radius 1 is 1.35 bits per heavy atom. The highest BCUT2D eigenvalue weighted by Crippen LogP contribution is 2.31. The van der Waals surface area contributed by atoms with Gasteiger partial charge >= 0.3 is 6.18 Å². The minimum Gasteiger partial charge on any atom is -0.484 e. The van der Waals surface area contributed by atoms with Gasteiger partial charge in [0.25, 0.3) is 5.91 Å². The number of likely N-dealkylation sites (N-methyl/N-ethyl adjacent to an activating group) is 1. The number of rotatable bonds is 4. The molecule has 1 aliphatic carbocycles. The van der Waals surface area contributed by atoms with Crippen molar-refractivity contribution in [3.05, 3.63) is 29.8 Å². The SMILES string of the molecule is CN(C(=O)COc1cccc(C(F)(F)F)c1)[C@@H]1CCCC[C@H]1O. The minimum absolute atomic E-state index is 0.00855. The molecule has 1 amide bonds. The zero-order valence-electron chi connectivity index (χ0n) is 12.8. The molecule has 0 unspecified atom stereocenters. The van der Waals surface area contributed by atoms with Crippen molar-refractivity contribution in [2.24, 2.45) is 0 Å². The van der Waals surface area contributed by atoms with Crippen molar-refractivity contribution in [2.75, 3.05) is 13.7 Å². The van der Waals surface area contributed by atoms with Crippen molar-refractivity contribution >= 4 is 5.91 Å². The van der Waals surface area contributed by atoms with Gasteiger partial charge in [0.15, 0.2) is 6.61 Å². The number of hydrogen-bond acceptors (Lipinski definition) is 3. The van der Waals surface area contributed by atoms with E-state index in [-0.39, 0.29) is 24.3 Å². The molecule has 1 fully saturated rings. The average Bonchev–Trinajstić information content (AvgIpc) is 2.52. The zero-order chi connectivity index (χ0) is 17.0. The first kappa shape index (κ1) is 17.6. The molecule has 128 valence electrons. The second-order valence-corrected chi connectivity index (χ2v) is 5.74. The predicted octanol–water partition coefficient (Wildman–Crippen LogP) is 2.85. The normalized spacial score (nSPS) is 21.8. The lowest BCUT2D eigenvalue weighted by Crippen LogP contribution is -2.47. The Morgan fingerprint density at radius 2 is 2.04 bits per heavy atom. The van der Waals surface area contributed by atoms with Crippen molar-refractivity contribution in [1.82, 2.24) is 4.90 Å². The second-order valence-electron chi connectivity index (χ2n) is 5.74. The fourth-order valence-corrected chi connectivity index (χ4v) is 2.74. The van der Waals surface area contributed by atoms with Crippen LogP contribution in [0.3, 0.4) is 0 Å². The number of alkyl halides is 3. The largest absolute Gasteiger partial charge is 0.484 e. The number of benzene rings is 1. The van der Waals surface area contributed by atoms with Gasteiger partial charge in [0, 0.05) is 7.05 Å². The molecule has 0 spiro atoms. The maximum absolute atomic E-state index is 12.6. The van der Waals surface area contributed by atoms with Crippen molar-refractivity contribution in [2.45, 2.75) is 44.0 Å². The summed E-state index contributed by atoms with van der Waals surface area (Å²) in [4.78, 5) is 13.5. The second kappa shape index (κ2) is 7.21. The maximum atomic E-state index is 12.6. The molecular formula is C16H20F3NO3. The number of nitrogens with zero attached hydrogens (tertiary/aromatic N) is 1. The van der Waals surface area contributed by atoms with Crippen molar-refractivity contribution in [3.8, 4) is 5.75 Å². The summed E-state index contributed by atoms with van der Waals surface area (Å²) in [6, 6.07) is 4.15. The average molecular weight is 331 g/mol. The van der Waals surface area contributed by atoms with Crippen molar-refractivity contribution in [3.63, 3.8) is 0 Å². The van der Waals surface area contributed by atoms with Gasteiger partial charge in [0.1, 0.15) is 5.75 Å². The van der Waals surface area contributed by atoms with Crippen LogP contribution in [0.4, 0.5) is 13.2 Å². The lowest BCUT2D eigenvalue weighted by atomic mass is 9.91. The van der Waals surface area contributed by atoms with Crippen molar-refractivity contribution in [1.29, 1.82) is 0 Å². The third-order valence-corrected chi connectivity index (χ3v) is 4.11. The number of hydrogen-bond donors (Lipinski definition) is 1. The highest BCUT2D eigenvalue weighted by molar-refractivity contribution is 5.77. The molecule has 2 rings (SSSR count). The molecule has 0 radical (unpaired) electrons. The van der Waals surface area contributed by atoms with Gasteiger partial charge in [-0.15, -0.1) is 0 Å². The highest BCUT2D eigenvalue weighted by Gasteiger charge is 2.31. The Kier molecular flexibility index (Phi) is 5.51. The molecule has 0 aromatic heterocycles. The van der Waals surface area contributed by atoms with Gasteiger partial charge in [0.05, 0.1) is 17.7 Å². The Labute approximate surface area is 132 Å². The highest BCUT2D eigenvalue weighted by atomic mass is 19.4. The van der Waals surface area contributed by atoms with Gasteiger partial charge in [-0.2, -0.15) is 13.2 Å². The van der Waals surface area contributed by atoms with Crippen LogP contribution in [-0.2, 0) is 11.0 Å². The number of aliphatic hydroxyl groups excluding tert-OH is 1. The predicted molar refractivity (Wildman–Crippen MR) is 78.0 cm³/mol. The Morgan fingerprint density at radius 3 is 2.70 bits per heavy atom. The van der Waals surface area contributed by atoms with Gasteiger partial charge in [-0.05, 0) is 31.0 Å². The van der Waals surface area contributed by atoms with Crippen LogP contribution in [0, 0.1) is 0 Å². The fraction of sp³-hybridized carbons (Fsp3) is 0.562. The van der Waals surface area contributed by atoms with E-state index in [1.807, 2.05) is 0 Å². The van der Waals surface area contributed by atoms with E-state index in [1.54, 1.807) is 7.05 Å². The number of ether oxygens (including phenoxy) is 1. The van der Waals surface area contributed by atoms with E-state index in [0.717, 1.165) is 25.0 Å². The van der Waals surface area contributed by atoms with E-state index in [4.69, 9.17) is 4.74 Å². The van der Waals surface area contributed by atoms with Gasteiger partial charge in [-0.3, -0.25) is 4.79 Å². The zero-order valence-corrected chi connectivity index (χ0v) is 12.8. The summed E-state index contributed by atoms with van der Waals surface area (Å²) in [5.74, 6) is -0.376. The summed E-state index contributed by atoms with van der Waals surface area (Å²) < 4.78 is 43.0. The van der Waals surface area contributed by atoms with E-state index >= 15 is 0 Å². The topological polar surface area (TPSA) is 49.8 Å². The van der Waals surface area contributed by atoms with Gasteiger partial charge in [-0.25, -0.2) is 0 Å². The molecule has 23 heavy (non-hydrogen) atoms. The lowest BCUT2D eigenvalue weighted by Gasteiger charge is -2.35. The Balaban J connectivity index is 1.93. The maximum Gasteiger partial charge on any atom is 0.416 e. The molecule has 1 aliphatic rings. The molecule has 7 heteroatoms. The first-order chi connectivity index (χ1) is 10.8. The molecule has 1 aromatic rings. The number of halogens is 3. The van der Waals surface area contributed by atoms with Gasteiger partial charge in [-0.1, -0.05) is 18.9 Å². The summed E-state index contributed by atoms with van der Waals surface area (Å²) in [7, 11) is 1.58. The molecule has 1 saturated carbocycles. The molecule has 2 atom stereocenters. The van der Waals surface area contributed by atoms with Gasteiger partial charge < -0.3 is 14.7 Å². The molecule has 1 aromatic carbocycles. The van der Waals surface area contributed by atoms with Crippen molar-refractivity contribution < 1.29 is 27.8 Å². The van der Waals surface area contributed by atoms with E-state index in [2.05, 4.69) is 0 Å². The molecular weight excluding hydrogens is 311 g/mol. The first-order valence-corrected chi connectivity index (χ1v) is 7.53. The lowest BCUT2D eigenvalue weighted by molar-refractivity contribution is -0.137. The third kappa shape index (κ3) is 4.60. The number of aliphatic hydroxyl groups is 1. The summed E-state index contributed by atoms with van der Waals surface area (Å²) in [6.45, 7) is -0.360. The minimum atomic E-state index is -4.45. The molecule has 0 bridgehead atoms. The smallest absolute Gasteiger partial charge is 0.416 e. The van der Waals surface area contributed by atoms with Crippen LogP contribution in [0.1, 0.15) is 31.2 Å². The van der Waals surface area contributed by atoms with Crippen LogP contribution >= 0.6 is 0 Å². The number of amides is 1. The fourth-order valence-electron chi connectivity index (χ4n) is 2.74. The van der Waals surface area contributed by atoms with E-state index in [0.29, 0.717) is 12.8 Å². The van der Waals surface area contributed by atoms with E-state index in [1.165, 1.54) is 17.0 Å². The summed E-state index contributed by atoms with van der Waals surface area (Å²) in [6.07, 6.45) is -1.78. The van der Waals surface area contributed by atoms with E-state index < -0.39 is 17.8 Å². The van der Waals surface area contributed by atoms with Crippen LogP contribution in [0.2, 0.25) is 0 Å².